The fraction of sp³-hybridized carbons (Fsp3) is 0.462. The summed E-state index contributed by atoms with van der Waals surface area (Å²) in [5.74, 6) is -0.932. The molecule has 0 aromatic heterocycles. The van der Waals surface area contributed by atoms with Gasteiger partial charge in [-0.15, -0.1) is 0 Å². The summed E-state index contributed by atoms with van der Waals surface area (Å²) in [6, 6.07) is 3.35. The minimum absolute atomic E-state index is 0.0187. The van der Waals surface area contributed by atoms with Gasteiger partial charge in [-0.2, -0.15) is 0 Å². The van der Waals surface area contributed by atoms with Crippen molar-refractivity contribution in [2.24, 2.45) is 11.7 Å². The molecule has 18 heavy (non-hydrogen) atoms. The standard InChI is InChI=1S/C13H17FN2O2/c14-9-4-5-12(17)10(6-9)13(18)16-11-3-1-2-8(11)7-15/h4-6,8,11,17H,1-3,7,15H2,(H,16,18). The summed E-state index contributed by atoms with van der Waals surface area (Å²) >= 11 is 0. The molecule has 5 heteroatoms. The molecule has 0 radical (unpaired) electrons. The highest BCUT2D eigenvalue weighted by Crippen LogP contribution is 2.26. The Balaban J connectivity index is 2.09. The van der Waals surface area contributed by atoms with E-state index in [-0.39, 0.29) is 23.3 Å². The van der Waals surface area contributed by atoms with Crippen molar-refractivity contribution < 1.29 is 14.3 Å². The van der Waals surface area contributed by atoms with Crippen LogP contribution in [0.25, 0.3) is 0 Å². The van der Waals surface area contributed by atoms with Crippen LogP contribution in [-0.4, -0.2) is 23.6 Å². The van der Waals surface area contributed by atoms with E-state index in [2.05, 4.69) is 5.32 Å². The Labute approximate surface area is 105 Å². The van der Waals surface area contributed by atoms with Gasteiger partial charge in [0, 0.05) is 6.04 Å². The van der Waals surface area contributed by atoms with E-state index in [1.165, 1.54) is 6.07 Å². The van der Waals surface area contributed by atoms with Crippen molar-refractivity contribution in [3.05, 3.63) is 29.6 Å². The summed E-state index contributed by atoms with van der Waals surface area (Å²) in [6.07, 6.45) is 2.90. The fourth-order valence-electron chi connectivity index (χ4n) is 2.45. The monoisotopic (exact) mass is 252 g/mol. The quantitative estimate of drug-likeness (QED) is 0.761. The van der Waals surface area contributed by atoms with Crippen molar-refractivity contribution in [1.29, 1.82) is 0 Å². The normalized spacial score (nSPS) is 23.0. The molecule has 0 spiro atoms. The van der Waals surface area contributed by atoms with Gasteiger partial charge in [0.2, 0.25) is 0 Å². The van der Waals surface area contributed by atoms with E-state index in [4.69, 9.17) is 5.73 Å². The summed E-state index contributed by atoms with van der Waals surface area (Å²) in [6.45, 7) is 0.528. The van der Waals surface area contributed by atoms with Gasteiger partial charge in [0.05, 0.1) is 5.56 Å². The number of benzene rings is 1. The molecule has 0 saturated heterocycles. The average molecular weight is 252 g/mol. The molecule has 2 unspecified atom stereocenters. The predicted octanol–water partition coefficient (Wildman–Crippen LogP) is 1.39. The molecule has 1 saturated carbocycles. The van der Waals surface area contributed by atoms with Gasteiger partial charge in [-0.1, -0.05) is 6.42 Å². The van der Waals surface area contributed by atoms with Gasteiger partial charge in [-0.05, 0) is 43.5 Å². The lowest BCUT2D eigenvalue weighted by Gasteiger charge is -2.19. The zero-order valence-corrected chi connectivity index (χ0v) is 10.0. The van der Waals surface area contributed by atoms with Crippen LogP contribution in [-0.2, 0) is 0 Å². The third-order valence-electron chi connectivity index (χ3n) is 3.48. The van der Waals surface area contributed by atoms with Crippen molar-refractivity contribution in [2.75, 3.05) is 6.54 Å². The van der Waals surface area contributed by atoms with Crippen LogP contribution in [0, 0.1) is 11.7 Å². The first-order valence-electron chi connectivity index (χ1n) is 6.11. The molecule has 4 N–H and O–H groups in total. The van der Waals surface area contributed by atoms with E-state index in [1.807, 2.05) is 0 Å². The minimum atomic E-state index is -0.542. The Kier molecular flexibility index (Phi) is 3.81. The zero-order valence-electron chi connectivity index (χ0n) is 10.0. The highest BCUT2D eigenvalue weighted by atomic mass is 19.1. The van der Waals surface area contributed by atoms with Crippen molar-refractivity contribution >= 4 is 5.91 Å². The topological polar surface area (TPSA) is 75.3 Å². The van der Waals surface area contributed by atoms with Crippen LogP contribution in [0.2, 0.25) is 0 Å². The Morgan fingerprint density at radius 3 is 3.00 bits per heavy atom. The third-order valence-corrected chi connectivity index (χ3v) is 3.48. The number of carbonyl (C=O) groups excluding carboxylic acids is 1. The molecule has 4 nitrogen and oxygen atoms in total. The molecular weight excluding hydrogens is 235 g/mol. The average Bonchev–Trinajstić information content (AvgIpc) is 2.79. The number of aromatic hydroxyl groups is 1. The number of amides is 1. The van der Waals surface area contributed by atoms with E-state index in [0.29, 0.717) is 6.54 Å². The second-order valence-electron chi connectivity index (χ2n) is 4.67. The fourth-order valence-corrected chi connectivity index (χ4v) is 2.45. The van der Waals surface area contributed by atoms with Gasteiger partial charge < -0.3 is 16.2 Å². The van der Waals surface area contributed by atoms with Crippen LogP contribution in [0.3, 0.4) is 0 Å². The summed E-state index contributed by atoms with van der Waals surface area (Å²) < 4.78 is 13.1. The molecule has 1 amide bonds. The summed E-state index contributed by atoms with van der Waals surface area (Å²) in [4.78, 5) is 12.0. The van der Waals surface area contributed by atoms with Crippen molar-refractivity contribution in [1.82, 2.24) is 5.32 Å². The highest BCUT2D eigenvalue weighted by molar-refractivity contribution is 5.97. The number of hydrogen-bond acceptors (Lipinski definition) is 3. The summed E-state index contributed by atoms with van der Waals surface area (Å²) in [7, 11) is 0. The molecule has 1 aromatic rings. The lowest BCUT2D eigenvalue weighted by Crippen LogP contribution is -2.39. The van der Waals surface area contributed by atoms with Gasteiger partial charge in [0.1, 0.15) is 11.6 Å². The predicted molar refractivity (Wildman–Crippen MR) is 65.7 cm³/mol. The molecule has 1 aromatic carbocycles. The van der Waals surface area contributed by atoms with E-state index >= 15 is 0 Å². The summed E-state index contributed by atoms with van der Waals surface area (Å²) in [5.41, 5.74) is 5.60. The molecule has 0 heterocycles. The number of halogens is 1. The molecule has 1 aliphatic carbocycles. The second kappa shape index (κ2) is 5.35. The molecule has 1 aliphatic rings. The molecule has 0 aliphatic heterocycles. The van der Waals surface area contributed by atoms with Crippen LogP contribution in [0.4, 0.5) is 4.39 Å². The number of nitrogens with one attached hydrogen (secondary N) is 1. The maximum absolute atomic E-state index is 13.1. The first kappa shape index (κ1) is 12.8. The lowest BCUT2D eigenvalue weighted by atomic mass is 10.0. The Hall–Kier alpha value is -1.62. The molecule has 1 fully saturated rings. The van der Waals surface area contributed by atoms with Gasteiger partial charge in [-0.3, -0.25) is 4.79 Å². The molecule has 2 rings (SSSR count). The Morgan fingerprint density at radius 1 is 1.50 bits per heavy atom. The number of rotatable bonds is 3. The van der Waals surface area contributed by atoms with E-state index in [0.717, 1.165) is 31.4 Å². The highest BCUT2D eigenvalue weighted by Gasteiger charge is 2.28. The second-order valence-corrected chi connectivity index (χ2v) is 4.67. The van der Waals surface area contributed by atoms with Gasteiger partial charge in [0.25, 0.3) is 5.91 Å². The van der Waals surface area contributed by atoms with Crippen molar-refractivity contribution in [2.45, 2.75) is 25.3 Å². The Morgan fingerprint density at radius 2 is 2.28 bits per heavy atom. The molecular formula is C13H17FN2O2. The van der Waals surface area contributed by atoms with Gasteiger partial charge in [-0.25, -0.2) is 4.39 Å². The molecule has 2 atom stereocenters. The number of nitrogens with two attached hydrogens (primary N) is 1. The van der Waals surface area contributed by atoms with E-state index in [9.17, 15) is 14.3 Å². The van der Waals surface area contributed by atoms with Gasteiger partial charge >= 0.3 is 0 Å². The van der Waals surface area contributed by atoms with Crippen LogP contribution in [0.1, 0.15) is 29.6 Å². The first-order chi connectivity index (χ1) is 8.61. The largest absolute Gasteiger partial charge is 0.507 e. The van der Waals surface area contributed by atoms with Gasteiger partial charge in [0.15, 0.2) is 0 Å². The number of carbonyl (C=O) groups is 1. The van der Waals surface area contributed by atoms with Crippen molar-refractivity contribution in [3.8, 4) is 5.75 Å². The van der Waals surface area contributed by atoms with Crippen LogP contribution >= 0.6 is 0 Å². The van der Waals surface area contributed by atoms with Crippen molar-refractivity contribution in [3.63, 3.8) is 0 Å². The number of phenolic OH excluding ortho intramolecular Hbond substituents is 1. The van der Waals surface area contributed by atoms with E-state index < -0.39 is 11.7 Å². The SMILES string of the molecule is NCC1CCCC1NC(=O)c1cc(F)ccc1O. The first-order valence-corrected chi connectivity index (χ1v) is 6.11. The maximum Gasteiger partial charge on any atom is 0.255 e. The number of hydrogen-bond donors (Lipinski definition) is 3. The zero-order chi connectivity index (χ0) is 13.1. The molecule has 98 valence electrons. The third kappa shape index (κ3) is 2.61. The molecule has 0 bridgehead atoms. The van der Waals surface area contributed by atoms with Crippen LogP contribution < -0.4 is 11.1 Å². The number of phenols is 1. The van der Waals surface area contributed by atoms with Crippen LogP contribution in [0.15, 0.2) is 18.2 Å². The maximum atomic E-state index is 13.1. The van der Waals surface area contributed by atoms with E-state index in [1.54, 1.807) is 0 Å². The lowest BCUT2D eigenvalue weighted by molar-refractivity contribution is 0.0925. The Bertz CT molecular complexity index is 451. The summed E-state index contributed by atoms with van der Waals surface area (Å²) in [5, 5.41) is 12.4. The smallest absolute Gasteiger partial charge is 0.255 e. The minimum Gasteiger partial charge on any atom is -0.507 e. The van der Waals surface area contributed by atoms with Crippen LogP contribution in [0.5, 0.6) is 5.75 Å².